The van der Waals surface area contributed by atoms with E-state index in [1.165, 1.54) is 16.5 Å². The molecule has 0 aromatic heterocycles. The molecule has 2 aromatic rings. The van der Waals surface area contributed by atoms with Crippen molar-refractivity contribution in [2.45, 2.75) is 65.4 Å². The molecule has 0 aliphatic rings. The lowest BCUT2D eigenvalue weighted by Crippen LogP contribution is -2.18. The summed E-state index contributed by atoms with van der Waals surface area (Å²) in [6, 6.07) is 8.31. The topological polar surface area (TPSA) is 40.5 Å². The van der Waals surface area contributed by atoms with Crippen LogP contribution in [0.15, 0.2) is 24.3 Å². The molecule has 2 rings (SSSR count). The minimum Gasteiger partial charge on any atom is -0.508 e. The summed E-state index contributed by atoms with van der Waals surface area (Å²) in [5, 5.41) is 22.5. The van der Waals surface area contributed by atoms with Gasteiger partial charge in [-0.1, -0.05) is 26.0 Å². The van der Waals surface area contributed by atoms with Gasteiger partial charge in [0.2, 0.25) is 0 Å². The summed E-state index contributed by atoms with van der Waals surface area (Å²) in [6.45, 7) is 10.0. The van der Waals surface area contributed by atoms with E-state index >= 15 is 0 Å². The summed E-state index contributed by atoms with van der Waals surface area (Å²) in [5.74, 6) is 0.696. The van der Waals surface area contributed by atoms with Crippen molar-refractivity contribution >= 4 is 10.8 Å². The molecule has 2 nitrogen and oxygen atoms in total. The zero-order chi connectivity index (χ0) is 16.5. The molecule has 0 radical (unpaired) electrons. The first-order valence-corrected chi connectivity index (χ1v) is 8.16. The van der Waals surface area contributed by atoms with Crippen LogP contribution in [0, 0.1) is 6.92 Å². The zero-order valence-electron chi connectivity index (χ0n) is 14.4. The highest BCUT2D eigenvalue weighted by Crippen LogP contribution is 2.33. The van der Waals surface area contributed by atoms with Gasteiger partial charge in [-0.3, -0.25) is 0 Å². The molecule has 0 aliphatic heterocycles. The van der Waals surface area contributed by atoms with Crippen molar-refractivity contribution in [2.75, 3.05) is 0 Å². The van der Waals surface area contributed by atoms with E-state index in [2.05, 4.69) is 39.0 Å². The van der Waals surface area contributed by atoms with E-state index in [-0.39, 0.29) is 0 Å². The minimum absolute atomic E-state index is 0.310. The van der Waals surface area contributed by atoms with Crippen LogP contribution in [0.5, 0.6) is 5.75 Å². The van der Waals surface area contributed by atoms with Crippen LogP contribution in [-0.2, 0) is 6.42 Å². The van der Waals surface area contributed by atoms with Gasteiger partial charge >= 0.3 is 0 Å². The maximum absolute atomic E-state index is 10.3. The smallest absolute Gasteiger partial charge is 0.119 e. The number of hydrogen-bond acceptors (Lipinski definition) is 2. The lowest BCUT2D eigenvalue weighted by molar-refractivity contribution is 0.0689. The summed E-state index contributed by atoms with van der Waals surface area (Å²) < 4.78 is 0. The maximum atomic E-state index is 10.3. The van der Waals surface area contributed by atoms with Gasteiger partial charge in [-0.25, -0.2) is 0 Å². The SMILES string of the molecule is Cc1ccc2cc(C(C)C)c(O)cc2c1CCCC(C)(C)O. The highest BCUT2D eigenvalue weighted by molar-refractivity contribution is 5.89. The van der Waals surface area contributed by atoms with E-state index in [0.29, 0.717) is 11.7 Å². The largest absolute Gasteiger partial charge is 0.508 e. The van der Waals surface area contributed by atoms with Crippen LogP contribution < -0.4 is 0 Å². The Morgan fingerprint density at radius 1 is 1.14 bits per heavy atom. The molecule has 0 fully saturated rings. The molecule has 0 amide bonds. The van der Waals surface area contributed by atoms with E-state index < -0.39 is 5.60 Å². The van der Waals surface area contributed by atoms with Gasteiger partial charge in [0.1, 0.15) is 5.75 Å². The fourth-order valence-corrected chi connectivity index (χ4v) is 3.04. The molecule has 2 heteroatoms. The molecule has 2 aromatic carbocycles. The van der Waals surface area contributed by atoms with Crippen LogP contribution >= 0.6 is 0 Å². The average molecular weight is 300 g/mol. The number of aliphatic hydroxyl groups is 1. The number of rotatable bonds is 5. The van der Waals surface area contributed by atoms with Gasteiger partial charge in [0.05, 0.1) is 5.60 Å². The van der Waals surface area contributed by atoms with Gasteiger partial charge in [0.25, 0.3) is 0 Å². The van der Waals surface area contributed by atoms with Gasteiger partial charge in [-0.15, -0.1) is 0 Å². The van der Waals surface area contributed by atoms with Crippen LogP contribution in [0.25, 0.3) is 10.8 Å². The lowest BCUT2D eigenvalue weighted by atomic mass is 9.90. The number of hydrogen-bond donors (Lipinski definition) is 2. The zero-order valence-corrected chi connectivity index (χ0v) is 14.4. The Bertz CT molecular complexity index is 663. The van der Waals surface area contributed by atoms with E-state index in [1.54, 1.807) is 0 Å². The highest BCUT2D eigenvalue weighted by Gasteiger charge is 2.14. The average Bonchev–Trinajstić information content (AvgIpc) is 2.39. The fourth-order valence-electron chi connectivity index (χ4n) is 3.04. The number of fused-ring (bicyclic) bond motifs is 1. The summed E-state index contributed by atoms with van der Waals surface area (Å²) >= 11 is 0. The Labute approximate surface area is 133 Å². The van der Waals surface area contributed by atoms with Crippen molar-refractivity contribution in [3.8, 4) is 5.75 Å². The fraction of sp³-hybridized carbons (Fsp3) is 0.500. The third kappa shape index (κ3) is 3.80. The molecular formula is C20H28O2. The second-order valence-corrected chi connectivity index (χ2v) is 7.31. The maximum Gasteiger partial charge on any atom is 0.119 e. The Hall–Kier alpha value is -1.54. The van der Waals surface area contributed by atoms with Gasteiger partial charge in [0, 0.05) is 0 Å². The van der Waals surface area contributed by atoms with Gasteiger partial charge in [-0.2, -0.15) is 0 Å². The Morgan fingerprint density at radius 2 is 1.82 bits per heavy atom. The molecule has 120 valence electrons. The molecule has 0 unspecified atom stereocenters. The normalized spacial score (nSPS) is 12.3. The summed E-state index contributed by atoms with van der Waals surface area (Å²) in [4.78, 5) is 0. The van der Waals surface area contributed by atoms with Crippen molar-refractivity contribution in [1.29, 1.82) is 0 Å². The standard InChI is InChI=1S/C20H28O2/c1-13(2)17-11-15-9-8-14(3)16(18(15)12-19(17)21)7-6-10-20(4,5)22/h8-9,11-13,21-22H,6-7,10H2,1-5H3. The Kier molecular flexibility index (Phi) is 4.81. The van der Waals surface area contributed by atoms with Crippen molar-refractivity contribution in [3.63, 3.8) is 0 Å². The molecule has 0 spiro atoms. The van der Waals surface area contributed by atoms with Crippen molar-refractivity contribution < 1.29 is 10.2 Å². The molecule has 22 heavy (non-hydrogen) atoms. The Balaban J connectivity index is 2.40. The van der Waals surface area contributed by atoms with Crippen LogP contribution in [0.1, 0.15) is 63.1 Å². The Morgan fingerprint density at radius 3 is 2.41 bits per heavy atom. The van der Waals surface area contributed by atoms with Crippen molar-refractivity contribution in [3.05, 3.63) is 41.0 Å². The predicted octanol–water partition coefficient (Wildman–Crippen LogP) is 5.07. The minimum atomic E-state index is -0.620. The molecule has 0 aliphatic carbocycles. The first-order chi connectivity index (χ1) is 10.2. The lowest BCUT2D eigenvalue weighted by Gasteiger charge is -2.18. The van der Waals surface area contributed by atoms with Crippen LogP contribution in [0.2, 0.25) is 0 Å². The molecule has 0 heterocycles. The van der Waals surface area contributed by atoms with Gasteiger partial charge < -0.3 is 10.2 Å². The monoisotopic (exact) mass is 300 g/mol. The highest BCUT2D eigenvalue weighted by atomic mass is 16.3. The summed E-state index contributed by atoms with van der Waals surface area (Å²) in [6.07, 6.45) is 2.64. The van der Waals surface area contributed by atoms with Crippen molar-refractivity contribution in [1.82, 2.24) is 0 Å². The van der Waals surface area contributed by atoms with E-state index in [0.717, 1.165) is 30.2 Å². The third-order valence-electron chi connectivity index (χ3n) is 4.35. The molecule has 0 atom stereocenters. The number of aryl methyl sites for hydroxylation is 2. The van der Waals surface area contributed by atoms with Crippen LogP contribution in [0.4, 0.5) is 0 Å². The molecule has 2 N–H and O–H groups in total. The van der Waals surface area contributed by atoms with E-state index in [1.807, 2.05) is 19.9 Å². The molecule has 0 bridgehead atoms. The number of phenolic OH excluding ortho intramolecular Hbond substituents is 1. The first-order valence-electron chi connectivity index (χ1n) is 8.16. The van der Waals surface area contributed by atoms with Crippen LogP contribution in [-0.4, -0.2) is 15.8 Å². The van der Waals surface area contributed by atoms with Gasteiger partial charge in [-0.05, 0) is 85.5 Å². The molecular weight excluding hydrogens is 272 g/mol. The number of benzene rings is 2. The van der Waals surface area contributed by atoms with E-state index in [9.17, 15) is 10.2 Å². The number of aromatic hydroxyl groups is 1. The predicted molar refractivity (Wildman–Crippen MR) is 93.7 cm³/mol. The quantitative estimate of drug-likeness (QED) is 0.809. The van der Waals surface area contributed by atoms with Gasteiger partial charge in [0.15, 0.2) is 0 Å². The third-order valence-corrected chi connectivity index (χ3v) is 4.35. The molecule has 0 saturated carbocycles. The van der Waals surface area contributed by atoms with E-state index in [4.69, 9.17) is 0 Å². The second kappa shape index (κ2) is 6.29. The molecule has 0 saturated heterocycles. The van der Waals surface area contributed by atoms with Crippen molar-refractivity contribution in [2.24, 2.45) is 0 Å². The number of phenols is 1. The first kappa shape index (κ1) is 16.8. The summed E-state index contributed by atoms with van der Waals surface area (Å²) in [5.41, 5.74) is 2.91. The second-order valence-electron chi connectivity index (χ2n) is 7.31. The summed E-state index contributed by atoms with van der Waals surface area (Å²) in [7, 11) is 0. The van der Waals surface area contributed by atoms with Crippen LogP contribution in [0.3, 0.4) is 0 Å².